The lowest BCUT2D eigenvalue weighted by molar-refractivity contribution is -0.140. The monoisotopic (exact) mass is 433 g/mol. The molecule has 1 aromatic heterocycles. The number of methoxy groups -OCH3 is 1. The van der Waals surface area contributed by atoms with Crippen LogP contribution in [0.15, 0.2) is 53.6 Å². The Kier molecular flexibility index (Phi) is 7.14. The van der Waals surface area contributed by atoms with Crippen LogP contribution in [0.3, 0.4) is 0 Å². The number of ether oxygens (including phenoxy) is 2. The Labute approximate surface area is 175 Å². The summed E-state index contributed by atoms with van der Waals surface area (Å²) in [6.45, 7) is 1.24. The van der Waals surface area contributed by atoms with Gasteiger partial charge in [0.1, 0.15) is 5.82 Å². The quantitative estimate of drug-likeness (QED) is 0.606. The van der Waals surface area contributed by atoms with Crippen molar-refractivity contribution in [2.45, 2.75) is 11.3 Å². The van der Waals surface area contributed by atoms with Crippen LogP contribution >= 0.6 is 0 Å². The van der Waals surface area contributed by atoms with Gasteiger partial charge in [-0.05, 0) is 30.3 Å². The van der Waals surface area contributed by atoms with E-state index in [9.17, 15) is 18.0 Å². The van der Waals surface area contributed by atoms with Gasteiger partial charge in [-0.1, -0.05) is 12.1 Å². The molecule has 3 rings (SSSR count). The number of carbonyl (C=O) groups is 2. The van der Waals surface area contributed by atoms with Crippen molar-refractivity contribution in [1.29, 1.82) is 0 Å². The highest BCUT2D eigenvalue weighted by molar-refractivity contribution is 7.89. The third kappa shape index (κ3) is 5.02. The Balaban J connectivity index is 1.89. The van der Waals surface area contributed by atoms with Crippen LogP contribution in [-0.2, 0) is 24.3 Å². The molecule has 0 N–H and O–H groups in total. The lowest BCUT2D eigenvalue weighted by atomic mass is 10.2. The van der Waals surface area contributed by atoms with Crippen LogP contribution in [0.1, 0.15) is 16.8 Å². The average molecular weight is 433 g/mol. The predicted molar refractivity (Wildman–Crippen MR) is 109 cm³/mol. The van der Waals surface area contributed by atoms with Crippen molar-refractivity contribution in [2.24, 2.45) is 0 Å². The fourth-order valence-corrected chi connectivity index (χ4v) is 4.47. The Morgan fingerprint density at radius 2 is 1.93 bits per heavy atom. The molecule has 0 saturated carbocycles. The third-order valence-corrected chi connectivity index (χ3v) is 6.52. The topological polar surface area (TPSA) is 106 Å². The molecule has 10 heteroatoms. The number of benzene rings is 1. The summed E-state index contributed by atoms with van der Waals surface area (Å²) in [5.41, 5.74) is 0.180. The minimum Gasteiger partial charge on any atom is -0.469 e. The largest absolute Gasteiger partial charge is 0.469 e. The number of hydrogen-bond donors (Lipinski definition) is 0. The standard InChI is InChI=1S/C20H23N3O6S/c1-28-19(24)8-10-23(18-7-2-3-9-21-18)20(25)16-5-4-6-17(15-16)30(26,27)22-11-13-29-14-12-22/h2-7,9,15H,8,10-14H2,1H3. The van der Waals surface area contributed by atoms with Gasteiger partial charge in [0, 0.05) is 31.4 Å². The van der Waals surface area contributed by atoms with Gasteiger partial charge in [0.05, 0.1) is 31.6 Å². The zero-order valence-corrected chi connectivity index (χ0v) is 17.4. The molecule has 9 nitrogen and oxygen atoms in total. The summed E-state index contributed by atoms with van der Waals surface area (Å²) in [5, 5.41) is 0. The highest BCUT2D eigenvalue weighted by atomic mass is 32.2. The van der Waals surface area contributed by atoms with Gasteiger partial charge in [0.15, 0.2) is 0 Å². The van der Waals surface area contributed by atoms with Gasteiger partial charge in [-0.15, -0.1) is 0 Å². The fraction of sp³-hybridized carbons (Fsp3) is 0.350. The van der Waals surface area contributed by atoms with Crippen LogP contribution < -0.4 is 4.90 Å². The van der Waals surface area contributed by atoms with Crippen LogP contribution in [0, 0.1) is 0 Å². The zero-order valence-electron chi connectivity index (χ0n) is 16.6. The molecular formula is C20H23N3O6S. The number of carbonyl (C=O) groups excluding carboxylic acids is 2. The second-order valence-electron chi connectivity index (χ2n) is 6.52. The van der Waals surface area contributed by atoms with E-state index < -0.39 is 21.9 Å². The first-order chi connectivity index (χ1) is 14.4. The lowest BCUT2D eigenvalue weighted by Crippen LogP contribution is -2.40. The van der Waals surface area contributed by atoms with Gasteiger partial charge in [-0.25, -0.2) is 13.4 Å². The van der Waals surface area contributed by atoms with E-state index in [-0.39, 0.29) is 36.5 Å². The summed E-state index contributed by atoms with van der Waals surface area (Å²) < 4.78 is 37.1. The summed E-state index contributed by atoms with van der Waals surface area (Å²) in [6, 6.07) is 10.9. The van der Waals surface area contributed by atoms with Crippen molar-refractivity contribution in [1.82, 2.24) is 9.29 Å². The van der Waals surface area contributed by atoms with Crippen molar-refractivity contribution in [3.05, 3.63) is 54.2 Å². The highest BCUT2D eigenvalue weighted by Crippen LogP contribution is 2.21. The molecule has 30 heavy (non-hydrogen) atoms. The van der Waals surface area contributed by atoms with E-state index in [0.29, 0.717) is 19.0 Å². The molecule has 160 valence electrons. The van der Waals surface area contributed by atoms with E-state index >= 15 is 0 Å². The first-order valence-corrected chi connectivity index (χ1v) is 10.8. The number of morpholine rings is 1. The number of esters is 1. The van der Waals surface area contributed by atoms with E-state index in [1.165, 1.54) is 46.8 Å². The van der Waals surface area contributed by atoms with Crippen LogP contribution in [0.2, 0.25) is 0 Å². The Hall–Kier alpha value is -2.82. The van der Waals surface area contributed by atoms with Crippen molar-refractivity contribution in [2.75, 3.05) is 44.9 Å². The van der Waals surface area contributed by atoms with E-state index in [2.05, 4.69) is 9.72 Å². The Morgan fingerprint density at radius 3 is 2.60 bits per heavy atom. The molecule has 1 fully saturated rings. The third-order valence-electron chi connectivity index (χ3n) is 4.63. The molecule has 0 spiro atoms. The number of rotatable bonds is 7. The molecule has 0 unspecified atom stereocenters. The molecule has 2 aromatic rings. The second kappa shape index (κ2) is 9.79. The fourth-order valence-electron chi connectivity index (χ4n) is 3.02. The molecule has 0 bridgehead atoms. The van der Waals surface area contributed by atoms with Gasteiger partial charge >= 0.3 is 5.97 Å². The highest BCUT2D eigenvalue weighted by Gasteiger charge is 2.28. The molecule has 1 amide bonds. The smallest absolute Gasteiger partial charge is 0.307 e. The van der Waals surface area contributed by atoms with Crippen LogP contribution in [-0.4, -0.2) is 69.5 Å². The van der Waals surface area contributed by atoms with Crippen LogP contribution in [0.25, 0.3) is 0 Å². The number of hydrogen-bond acceptors (Lipinski definition) is 7. The number of aromatic nitrogens is 1. The van der Waals surface area contributed by atoms with Crippen molar-refractivity contribution in [3.63, 3.8) is 0 Å². The number of sulfonamides is 1. The predicted octanol–water partition coefficient (Wildman–Crippen LogP) is 1.31. The van der Waals surface area contributed by atoms with E-state index in [1.807, 2.05) is 0 Å². The summed E-state index contributed by atoms with van der Waals surface area (Å²) >= 11 is 0. The van der Waals surface area contributed by atoms with Crippen LogP contribution in [0.5, 0.6) is 0 Å². The number of nitrogens with zero attached hydrogens (tertiary/aromatic N) is 3. The molecule has 0 radical (unpaired) electrons. The molecule has 0 aliphatic carbocycles. The van der Waals surface area contributed by atoms with Crippen molar-refractivity contribution < 1.29 is 27.5 Å². The number of amides is 1. The Morgan fingerprint density at radius 1 is 1.17 bits per heavy atom. The summed E-state index contributed by atoms with van der Waals surface area (Å²) in [6.07, 6.45) is 1.51. The molecule has 1 saturated heterocycles. The minimum absolute atomic E-state index is 0.0232. The first-order valence-electron chi connectivity index (χ1n) is 9.41. The second-order valence-corrected chi connectivity index (χ2v) is 8.45. The van der Waals surface area contributed by atoms with Crippen molar-refractivity contribution in [3.8, 4) is 0 Å². The average Bonchev–Trinajstić information content (AvgIpc) is 2.80. The SMILES string of the molecule is COC(=O)CCN(C(=O)c1cccc(S(=O)(=O)N2CCOCC2)c1)c1ccccn1. The van der Waals surface area contributed by atoms with Crippen LogP contribution in [0.4, 0.5) is 5.82 Å². The molecule has 2 heterocycles. The summed E-state index contributed by atoms with van der Waals surface area (Å²) in [4.78, 5) is 30.3. The zero-order chi connectivity index (χ0) is 21.6. The maximum Gasteiger partial charge on any atom is 0.307 e. The van der Waals surface area contributed by atoms with Gasteiger partial charge in [-0.2, -0.15) is 4.31 Å². The van der Waals surface area contributed by atoms with Gasteiger partial charge in [0.2, 0.25) is 10.0 Å². The molecule has 1 aliphatic heterocycles. The van der Waals surface area contributed by atoms with E-state index in [0.717, 1.165) is 0 Å². The van der Waals surface area contributed by atoms with Gasteiger partial charge < -0.3 is 9.47 Å². The lowest BCUT2D eigenvalue weighted by Gasteiger charge is -2.26. The van der Waals surface area contributed by atoms with E-state index in [1.54, 1.807) is 18.2 Å². The molecular weight excluding hydrogens is 410 g/mol. The normalized spacial score (nSPS) is 14.8. The first kappa shape index (κ1) is 21.9. The maximum atomic E-state index is 13.2. The summed E-state index contributed by atoms with van der Waals surface area (Å²) in [7, 11) is -2.47. The van der Waals surface area contributed by atoms with Crippen molar-refractivity contribution >= 4 is 27.7 Å². The number of anilines is 1. The Bertz CT molecular complexity index is 991. The van der Waals surface area contributed by atoms with Gasteiger partial charge in [-0.3, -0.25) is 14.5 Å². The molecule has 1 aromatic carbocycles. The molecule has 0 atom stereocenters. The molecule has 1 aliphatic rings. The minimum atomic E-state index is -3.75. The maximum absolute atomic E-state index is 13.2. The van der Waals surface area contributed by atoms with E-state index in [4.69, 9.17) is 4.74 Å². The van der Waals surface area contributed by atoms with Gasteiger partial charge in [0.25, 0.3) is 5.91 Å². The summed E-state index contributed by atoms with van der Waals surface area (Å²) in [5.74, 6) is -0.572. The number of pyridine rings is 1.